The molecule has 17 heavy (non-hydrogen) atoms. The largest absolute Gasteiger partial charge is 0.310 e. The summed E-state index contributed by atoms with van der Waals surface area (Å²) in [5.41, 5.74) is 1.46. The molecule has 1 atom stereocenters. The molecule has 0 fully saturated rings. The van der Waals surface area contributed by atoms with E-state index < -0.39 is 0 Å². The van der Waals surface area contributed by atoms with Gasteiger partial charge in [-0.15, -0.1) is 11.3 Å². The highest BCUT2D eigenvalue weighted by Gasteiger charge is 2.24. The van der Waals surface area contributed by atoms with E-state index in [0.29, 0.717) is 6.04 Å². The molecule has 2 rings (SSSR count). The minimum Gasteiger partial charge on any atom is -0.310 e. The lowest BCUT2D eigenvalue weighted by Crippen LogP contribution is -2.20. The van der Waals surface area contributed by atoms with E-state index in [-0.39, 0.29) is 0 Å². The Morgan fingerprint density at radius 2 is 2.29 bits per heavy atom. The van der Waals surface area contributed by atoms with Crippen LogP contribution in [0.3, 0.4) is 0 Å². The van der Waals surface area contributed by atoms with Crippen molar-refractivity contribution in [2.45, 2.75) is 52.0 Å². The van der Waals surface area contributed by atoms with Crippen LogP contribution in [0, 0.1) is 5.92 Å². The summed E-state index contributed by atoms with van der Waals surface area (Å²) in [5.74, 6) is 0.837. The zero-order chi connectivity index (χ0) is 12.3. The molecule has 1 heterocycles. The topological polar surface area (TPSA) is 12.0 Å². The molecule has 0 amide bonds. The van der Waals surface area contributed by atoms with E-state index >= 15 is 0 Å². The van der Waals surface area contributed by atoms with Gasteiger partial charge in [-0.25, -0.2) is 0 Å². The van der Waals surface area contributed by atoms with Gasteiger partial charge < -0.3 is 5.32 Å². The lowest BCUT2D eigenvalue weighted by Gasteiger charge is -2.13. The second-order valence-electron chi connectivity index (χ2n) is 5.36. The fraction of sp³-hybridized carbons (Fsp3) is 0.714. The van der Waals surface area contributed by atoms with Gasteiger partial charge in [-0.05, 0) is 43.4 Å². The summed E-state index contributed by atoms with van der Waals surface area (Å²) in [4.78, 5) is 1.50. The minimum absolute atomic E-state index is 0.563. The first-order valence-electron chi connectivity index (χ1n) is 6.68. The maximum Gasteiger partial charge on any atom is 0.0934 e. The quantitative estimate of drug-likeness (QED) is 0.733. The molecule has 0 aromatic carbocycles. The van der Waals surface area contributed by atoms with E-state index in [1.54, 1.807) is 11.3 Å². The number of hydrogen-bond acceptors (Lipinski definition) is 2. The average Bonchev–Trinajstić information content (AvgIpc) is 2.77. The average molecular weight is 272 g/mol. The summed E-state index contributed by atoms with van der Waals surface area (Å²) in [6.45, 7) is 5.73. The van der Waals surface area contributed by atoms with Gasteiger partial charge in [0.2, 0.25) is 0 Å². The van der Waals surface area contributed by atoms with Crippen molar-refractivity contribution in [2.75, 3.05) is 6.54 Å². The molecule has 3 heteroatoms. The zero-order valence-corrected chi connectivity index (χ0v) is 12.3. The van der Waals surface area contributed by atoms with E-state index in [9.17, 15) is 0 Å². The molecule has 1 aliphatic carbocycles. The zero-order valence-electron chi connectivity index (χ0n) is 10.8. The maximum absolute atomic E-state index is 6.05. The van der Waals surface area contributed by atoms with E-state index in [1.807, 2.05) is 0 Å². The van der Waals surface area contributed by atoms with Crippen LogP contribution in [-0.4, -0.2) is 6.54 Å². The van der Waals surface area contributed by atoms with Gasteiger partial charge in [-0.2, -0.15) is 0 Å². The third kappa shape index (κ3) is 3.70. The Morgan fingerprint density at radius 3 is 3.06 bits per heavy atom. The van der Waals surface area contributed by atoms with Gasteiger partial charge in [-0.3, -0.25) is 0 Å². The number of halogens is 1. The van der Waals surface area contributed by atoms with Crippen molar-refractivity contribution < 1.29 is 0 Å². The summed E-state index contributed by atoms with van der Waals surface area (Å²) in [6, 6.07) is 2.72. The summed E-state index contributed by atoms with van der Waals surface area (Å²) >= 11 is 7.81. The van der Waals surface area contributed by atoms with Gasteiger partial charge in [-0.1, -0.05) is 38.3 Å². The van der Waals surface area contributed by atoms with Crippen molar-refractivity contribution in [1.29, 1.82) is 0 Å². The molecule has 0 radical (unpaired) electrons. The Labute approximate surface area is 114 Å². The predicted molar refractivity (Wildman–Crippen MR) is 77.1 cm³/mol. The molecule has 0 saturated heterocycles. The predicted octanol–water partition coefficient (Wildman–Crippen LogP) is 4.80. The maximum atomic E-state index is 6.05. The Hall–Kier alpha value is -0.0500. The van der Waals surface area contributed by atoms with Crippen molar-refractivity contribution in [3.63, 3.8) is 0 Å². The number of nitrogens with one attached hydrogen (secondary N) is 1. The van der Waals surface area contributed by atoms with Crippen LogP contribution in [0.15, 0.2) is 6.07 Å². The van der Waals surface area contributed by atoms with Crippen molar-refractivity contribution >= 4 is 22.9 Å². The van der Waals surface area contributed by atoms with Gasteiger partial charge in [0.1, 0.15) is 0 Å². The van der Waals surface area contributed by atoms with Crippen LogP contribution in [0.4, 0.5) is 0 Å². The van der Waals surface area contributed by atoms with Crippen LogP contribution in [0.5, 0.6) is 0 Å². The normalized spacial score (nSPS) is 18.9. The third-order valence-electron chi connectivity index (χ3n) is 3.45. The molecular formula is C14H22ClNS. The Balaban J connectivity index is 1.71. The molecule has 0 aliphatic heterocycles. The first kappa shape index (κ1) is 13.4. The smallest absolute Gasteiger partial charge is 0.0934 e. The Morgan fingerprint density at radius 1 is 1.47 bits per heavy atom. The van der Waals surface area contributed by atoms with E-state index in [0.717, 1.165) is 16.8 Å². The highest BCUT2D eigenvalue weighted by atomic mass is 35.5. The highest BCUT2D eigenvalue weighted by Crippen LogP contribution is 2.39. The Kier molecular flexibility index (Phi) is 4.89. The molecule has 1 unspecified atom stereocenters. The standard InChI is InChI=1S/C14H22ClNS/c1-10(2)5-3-4-8-16-12-6-7-13-11(12)9-14(15)17-13/h9-10,12,16H,3-8H2,1-2H3. The van der Waals surface area contributed by atoms with E-state index in [2.05, 4.69) is 25.2 Å². The van der Waals surface area contributed by atoms with Crippen LogP contribution in [0.2, 0.25) is 4.34 Å². The lowest BCUT2D eigenvalue weighted by atomic mass is 10.1. The van der Waals surface area contributed by atoms with Crippen molar-refractivity contribution in [3.05, 3.63) is 20.8 Å². The fourth-order valence-corrected chi connectivity index (χ4v) is 3.85. The van der Waals surface area contributed by atoms with Crippen LogP contribution >= 0.6 is 22.9 Å². The lowest BCUT2D eigenvalue weighted by molar-refractivity contribution is 0.482. The first-order valence-corrected chi connectivity index (χ1v) is 7.87. The summed E-state index contributed by atoms with van der Waals surface area (Å²) in [6.07, 6.45) is 6.44. The number of thiophene rings is 1. The fourth-order valence-electron chi connectivity index (χ4n) is 2.50. The molecule has 0 spiro atoms. The van der Waals surface area contributed by atoms with Crippen LogP contribution in [0.25, 0.3) is 0 Å². The third-order valence-corrected chi connectivity index (χ3v) is 4.79. The molecule has 96 valence electrons. The minimum atomic E-state index is 0.563. The molecule has 1 aromatic rings. The van der Waals surface area contributed by atoms with Gasteiger partial charge in [0.05, 0.1) is 4.34 Å². The first-order chi connectivity index (χ1) is 8.16. The van der Waals surface area contributed by atoms with Crippen LogP contribution in [0.1, 0.15) is 56.0 Å². The van der Waals surface area contributed by atoms with Gasteiger partial charge in [0.15, 0.2) is 0 Å². The number of fused-ring (bicyclic) bond motifs is 1. The van der Waals surface area contributed by atoms with Crippen molar-refractivity contribution in [3.8, 4) is 0 Å². The van der Waals surface area contributed by atoms with E-state index in [1.165, 1.54) is 42.5 Å². The van der Waals surface area contributed by atoms with Crippen molar-refractivity contribution in [2.24, 2.45) is 5.92 Å². The number of hydrogen-bond donors (Lipinski definition) is 1. The summed E-state index contributed by atoms with van der Waals surface area (Å²) < 4.78 is 0.946. The molecule has 0 saturated carbocycles. The molecule has 1 nitrogen and oxygen atoms in total. The molecule has 1 aromatic heterocycles. The SMILES string of the molecule is CC(C)CCCCNC1CCc2sc(Cl)cc21. The van der Waals surface area contributed by atoms with E-state index in [4.69, 9.17) is 11.6 Å². The second kappa shape index (κ2) is 6.21. The summed E-state index contributed by atoms with van der Waals surface area (Å²) in [5, 5.41) is 3.67. The van der Waals surface area contributed by atoms with Crippen LogP contribution in [-0.2, 0) is 6.42 Å². The van der Waals surface area contributed by atoms with Crippen molar-refractivity contribution in [1.82, 2.24) is 5.32 Å². The van der Waals surface area contributed by atoms with Crippen LogP contribution < -0.4 is 5.32 Å². The monoisotopic (exact) mass is 271 g/mol. The number of rotatable bonds is 6. The Bertz CT molecular complexity index is 359. The van der Waals surface area contributed by atoms with Gasteiger partial charge in [0.25, 0.3) is 0 Å². The molecule has 0 bridgehead atoms. The van der Waals surface area contributed by atoms with Gasteiger partial charge >= 0.3 is 0 Å². The highest BCUT2D eigenvalue weighted by molar-refractivity contribution is 7.16. The second-order valence-corrected chi connectivity index (χ2v) is 7.13. The molecular weight excluding hydrogens is 250 g/mol. The molecule has 1 N–H and O–H groups in total. The van der Waals surface area contributed by atoms with Gasteiger partial charge in [0, 0.05) is 10.9 Å². The molecule has 1 aliphatic rings. The summed E-state index contributed by atoms with van der Waals surface area (Å²) in [7, 11) is 0. The number of aryl methyl sites for hydroxylation is 1. The number of unbranched alkanes of at least 4 members (excludes halogenated alkanes) is 1.